The van der Waals surface area contributed by atoms with Gasteiger partial charge in [0.15, 0.2) is 11.1 Å². The van der Waals surface area contributed by atoms with Gasteiger partial charge in [0.2, 0.25) is 0 Å². The van der Waals surface area contributed by atoms with Crippen LogP contribution in [0.2, 0.25) is 0 Å². The molecule has 0 amide bonds. The van der Waals surface area contributed by atoms with Crippen LogP contribution < -0.4 is 25.4 Å². The van der Waals surface area contributed by atoms with Crippen molar-refractivity contribution in [3.05, 3.63) is 29.3 Å². The highest BCUT2D eigenvalue weighted by atomic mass is 127. The van der Waals surface area contributed by atoms with Gasteiger partial charge in [0.1, 0.15) is 11.5 Å². The van der Waals surface area contributed by atoms with Crippen LogP contribution >= 0.6 is 35.3 Å². The van der Waals surface area contributed by atoms with E-state index in [1.807, 2.05) is 18.2 Å². The number of hydrogen-bond donors (Lipinski definition) is 2. The zero-order chi connectivity index (χ0) is 18.4. The number of ether oxygens (including phenoxy) is 2. The summed E-state index contributed by atoms with van der Waals surface area (Å²) in [6, 6.07) is 5.48. The molecular formula is C18H26IN5O2S. The Morgan fingerprint density at radius 1 is 1.30 bits per heavy atom. The second-order valence-electron chi connectivity index (χ2n) is 6.02. The minimum absolute atomic E-state index is 0. The van der Waals surface area contributed by atoms with E-state index in [0.29, 0.717) is 18.3 Å². The number of nitrogens with zero attached hydrogens (tertiary/aromatic N) is 3. The summed E-state index contributed by atoms with van der Waals surface area (Å²) in [7, 11) is 3.23. The van der Waals surface area contributed by atoms with Crippen LogP contribution in [-0.2, 0) is 6.42 Å². The van der Waals surface area contributed by atoms with Crippen molar-refractivity contribution < 1.29 is 9.47 Å². The van der Waals surface area contributed by atoms with Crippen molar-refractivity contribution in [3.8, 4) is 11.5 Å². The highest BCUT2D eigenvalue weighted by Gasteiger charge is 2.15. The molecule has 1 saturated heterocycles. The van der Waals surface area contributed by atoms with E-state index in [0.717, 1.165) is 41.8 Å². The summed E-state index contributed by atoms with van der Waals surface area (Å²) in [5.74, 6) is 1.74. The van der Waals surface area contributed by atoms with Crippen LogP contribution in [0.1, 0.15) is 18.5 Å². The molecule has 0 unspecified atom stereocenters. The lowest BCUT2D eigenvalue weighted by atomic mass is 10.2. The zero-order valence-electron chi connectivity index (χ0n) is 15.6. The third kappa shape index (κ3) is 5.86. The Balaban J connectivity index is 0.00000261. The number of rotatable bonds is 7. The molecule has 2 heterocycles. The number of methoxy groups -OCH3 is 2. The number of aromatic nitrogens is 1. The van der Waals surface area contributed by atoms with Gasteiger partial charge in [-0.15, -0.1) is 35.3 Å². The van der Waals surface area contributed by atoms with E-state index in [1.165, 1.54) is 12.8 Å². The van der Waals surface area contributed by atoms with Crippen LogP contribution in [0.3, 0.4) is 0 Å². The normalized spacial score (nSPS) is 14.0. The van der Waals surface area contributed by atoms with E-state index >= 15 is 0 Å². The highest BCUT2D eigenvalue weighted by Crippen LogP contribution is 2.28. The van der Waals surface area contributed by atoms with E-state index < -0.39 is 0 Å². The Labute approximate surface area is 181 Å². The fourth-order valence-corrected chi connectivity index (χ4v) is 3.76. The van der Waals surface area contributed by atoms with Gasteiger partial charge in [0.05, 0.1) is 25.6 Å². The van der Waals surface area contributed by atoms with Crippen molar-refractivity contribution in [1.82, 2.24) is 4.98 Å². The minimum Gasteiger partial charge on any atom is -0.497 e. The molecule has 0 aliphatic carbocycles. The van der Waals surface area contributed by atoms with Crippen LogP contribution in [0.5, 0.6) is 11.5 Å². The first-order valence-corrected chi connectivity index (χ1v) is 9.56. The molecule has 1 aliphatic heterocycles. The molecule has 3 rings (SSSR count). The summed E-state index contributed by atoms with van der Waals surface area (Å²) in [5, 5.41) is 6.30. The Kier molecular flexibility index (Phi) is 8.42. The molecule has 0 spiro atoms. The van der Waals surface area contributed by atoms with Gasteiger partial charge in [0, 0.05) is 37.5 Å². The third-order valence-electron chi connectivity index (χ3n) is 4.24. The number of anilines is 2. The van der Waals surface area contributed by atoms with Crippen molar-refractivity contribution in [2.24, 2.45) is 10.7 Å². The van der Waals surface area contributed by atoms with Gasteiger partial charge >= 0.3 is 0 Å². The van der Waals surface area contributed by atoms with Gasteiger partial charge < -0.3 is 25.4 Å². The van der Waals surface area contributed by atoms with Gasteiger partial charge in [-0.05, 0) is 25.0 Å². The zero-order valence-corrected chi connectivity index (χ0v) is 18.8. The Morgan fingerprint density at radius 3 is 2.78 bits per heavy atom. The monoisotopic (exact) mass is 503 g/mol. The van der Waals surface area contributed by atoms with Crippen molar-refractivity contribution in [2.45, 2.75) is 19.3 Å². The topological polar surface area (TPSA) is 85.0 Å². The first-order valence-electron chi connectivity index (χ1n) is 8.68. The number of aliphatic imine (C=N–C) groups is 1. The fourth-order valence-electron chi connectivity index (χ4n) is 2.84. The molecule has 148 valence electrons. The van der Waals surface area contributed by atoms with E-state index in [4.69, 9.17) is 20.2 Å². The van der Waals surface area contributed by atoms with E-state index in [1.54, 1.807) is 25.6 Å². The predicted molar refractivity (Wildman–Crippen MR) is 122 cm³/mol. The third-order valence-corrected chi connectivity index (χ3v) is 5.19. The van der Waals surface area contributed by atoms with Gasteiger partial charge in [-0.1, -0.05) is 0 Å². The Hall–Kier alpha value is -1.75. The largest absolute Gasteiger partial charge is 0.497 e. The quantitative estimate of drug-likeness (QED) is 0.343. The van der Waals surface area contributed by atoms with Gasteiger partial charge in [0.25, 0.3) is 0 Å². The van der Waals surface area contributed by atoms with Crippen molar-refractivity contribution in [2.75, 3.05) is 44.1 Å². The number of halogens is 1. The second kappa shape index (κ2) is 10.5. The molecule has 0 bridgehead atoms. The molecule has 2 aromatic rings. The maximum absolute atomic E-state index is 6.01. The summed E-state index contributed by atoms with van der Waals surface area (Å²) in [5.41, 5.74) is 7.79. The molecule has 0 radical (unpaired) electrons. The van der Waals surface area contributed by atoms with Crippen LogP contribution in [0, 0.1) is 0 Å². The smallest absolute Gasteiger partial charge is 0.193 e. The van der Waals surface area contributed by atoms with Crippen molar-refractivity contribution >= 4 is 52.1 Å². The molecule has 3 N–H and O–H groups in total. The molecule has 1 aromatic carbocycles. The number of hydrogen-bond acceptors (Lipinski definition) is 6. The molecule has 9 heteroatoms. The van der Waals surface area contributed by atoms with Crippen molar-refractivity contribution in [3.63, 3.8) is 0 Å². The lowest BCUT2D eigenvalue weighted by Gasteiger charge is -2.12. The Morgan fingerprint density at radius 2 is 2.07 bits per heavy atom. The van der Waals surface area contributed by atoms with Crippen molar-refractivity contribution in [1.29, 1.82) is 0 Å². The van der Waals surface area contributed by atoms with Gasteiger partial charge in [-0.3, -0.25) is 4.99 Å². The first kappa shape index (κ1) is 21.5. The summed E-state index contributed by atoms with van der Waals surface area (Å²) >= 11 is 1.71. The fraction of sp³-hybridized carbons (Fsp3) is 0.444. The predicted octanol–water partition coefficient (Wildman–Crippen LogP) is 3.35. The SMILES string of the molecule is COc1ccc(OC)c(NC(N)=NCCc2csc(N3CCCC3)n2)c1.I. The molecule has 27 heavy (non-hydrogen) atoms. The maximum atomic E-state index is 6.01. The van der Waals surface area contributed by atoms with Gasteiger partial charge in [-0.2, -0.15) is 0 Å². The molecule has 0 atom stereocenters. The average Bonchev–Trinajstić information content (AvgIpc) is 3.33. The molecule has 1 aromatic heterocycles. The summed E-state index contributed by atoms with van der Waals surface area (Å²) in [4.78, 5) is 11.4. The lowest BCUT2D eigenvalue weighted by Crippen LogP contribution is -2.23. The highest BCUT2D eigenvalue weighted by molar-refractivity contribution is 14.0. The second-order valence-corrected chi connectivity index (χ2v) is 6.86. The van der Waals surface area contributed by atoms with Crippen LogP contribution in [-0.4, -0.2) is 44.8 Å². The standard InChI is InChI=1S/C18H25N5O2S.HI/c1-24-14-5-6-16(25-2)15(11-14)22-17(19)20-8-7-13-12-26-18(21-13)23-9-3-4-10-23;/h5-6,11-12H,3-4,7-10H2,1-2H3,(H3,19,20,22);1H. The van der Waals surface area contributed by atoms with Crippen LogP contribution in [0.15, 0.2) is 28.6 Å². The molecule has 1 aliphatic rings. The molecular weight excluding hydrogens is 477 g/mol. The van der Waals surface area contributed by atoms with Gasteiger partial charge in [-0.25, -0.2) is 4.98 Å². The lowest BCUT2D eigenvalue weighted by molar-refractivity contribution is 0.405. The van der Waals surface area contributed by atoms with E-state index in [-0.39, 0.29) is 24.0 Å². The van der Waals surface area contributed by atoms with E-state index in [2.05, 4.69) is 20.6 Å². The molecule has 7 nitrogen and oxygen atoms in total. The number of benzene rings is 1. The minimum atomic E-state index is 0. The Bertz CT molecular complexity index is 762. The summed E-state index contributed by atoms with van der Waals surface area (Å²) < 4.78 is 10.6. The van der Waals surface area contributed by atoms with E-state index in [9.17, 15) is 0 Å². The summed E-state index contributed by atoms with van der Waals surface area (Å²) in [6.07, 6.45) is 3.28. The molecule has 1 fully saturated rings. The summed E-state index contributed by atoms with van der Waals surface area (Å²) in [6.45, 7) is 2.81. The van der Waals surface area contributed by atoms with Crippen LogP contribution in [0.25, 0.3) is 0 Å². The average molecular weight is 503 g/mol. The number of nitrogens with one attached hydrogen (secondary N) is 1. The molecule has 0 saturated carbocycles. The number of nitrogens with two attached hydrogens (primary N) is 1. The number of guanidine groups is 1. The number of thiazole rings is 1. The first-order chi connectivity index (χ1) is 12.7. The van der Waals surface area contributed by atoms with Crippen LogP contribution in [0.4, 0.5) is 10.8 Å². The maximum Gasteiger partial charge on any atom is 0.193 e.